The van der Waals surface area contributed by atoms with Gasteiger partial charge in [0.1, 0.15) is 94.6 Å². The maximum atomic E-state index is 12.2. The zero-order valence-corrected chi connectivity index (χ0v) is 79.8. The van der Waals surface area contributed by atoms with Gasteiger partial charge in [-0.2, -0.15) is 51.8 Å². The number of aliphatic carboxylic acids is 3. The van der Waals surface area contributed by atoms with Gasteiger partial charge in [0.25, 0.3) is 30.4 Å². The molecule has 2 atom stereocenters. The second kappa shape index (κ2) is 56.6. The average Bonchev–Trinajstić information content (AvgIpc) is 1.18. The van der Waals surface area contributed by atoms with Crippen molar-refractivity contribution in [2.45, 2.75) is 258 Å². The highest BCUT2D eigenvalue weighted by atomic mass is 32.2. The van der Waals surface area contributed by atoms with Gasteiger partial charge in [0.2, 0.25) is 49.4 Å². The number of Topliss-reactive ketones (excluding diaryl/α,β-unsaturated/α-hetero) is 2. The molecule has 36 nitrogen and oxygen atoms in total. The van der Waals surface area contributed by atoms with E-state index in [4.69, 9.17) is 19.9 Å². The molecule has 2 aliphatic heterocycles. The number of carboxylic acid groups (broad SMARTS) is 3. The number of ketones is 2. The summed E-state index contributed by atoms with van der Waals surface area (Å²) in [5, 5.41) is 26.0. The number of nitrogens with zero attached hydrogens (tertiary/aromatic N) is 14. The van der Waals surface area contributed by atoms with Crippen LogP contribution >= 0.6 is 0 Å². The second-order valence-electron chi connectivity index (χ2n) is 33.5. The fourth-order valence-electron chi connectivity index (χ4n) is 13.2. The molecule has 0 fully saturated rings. The summed E-state index contributed by atoms with van der Waals surface area (Å²) in [6.07, 6.45) is 37.7. The third-order valence-corrected chi connectivity index (χ3v) is 24.7. The molecule has 9 aromatic rings. The fourth-order valence-corrected chi connectivity index (χ4v) is 17.5. The van der Waals surface area contributed by atoms with E-state index in [0.29, 0.717) is 48.4 Å². The molecule has 0 amide bonds. The summed E-state index contributed by atoms with van der Waals surface area (Å²) in [5.41, 5.74) is 5.55. The van der Waals surface area contributed by atoms with Crippen LogP contribution in [0.3, 0.4) is 0 Å². The van der Waals surface area contributed by atoms with Crippen LogP contribution in [0.5, 0.6) is 0 Å². The van der Waals surface area contributed by atoms with Crippen LogP contribution in [-0.4, -0.2) is 197 Å². The molecule has 0 aliphatic carbocycles. The van der Waals surface area contributed by atoms with Gasteiger partial charge >= 0.3 is 40.7 Å². The number of carbonyl (C=O) groups is 5. The number of hydrogen-bond donors (Lipinski definition) is 7. The van der Waals surface area contributed by atoms with E-state index < -0.39 is 78.5 Å². The normalized spacial score (nSPS) is 13.5. The lowest BCUT2D eigenvalue weighted by Gasteiger charge is -2.20. The third kappa shape index (κ3) is 41.5. The van der Waals surface area contributed by atoms with Gasteiger partial charge in [0.15, 0.2) is 83.9 Å². The van der Waals surface area contributed by atoms with E-state index in [1.54, 1.807) is 146 Å². The van der Waals surface area contributed by atoms with Crippen LogP contribution in [0.1, 0.15) is 246 Å². The molecule has 0 saturated heterocycles. The molecular formula is C95H161N14O22S5+9. The minimum absolute atomic E-state index is 0. The van der Waals surface area contributed by atoms with E-state index in [1.165, 1.54) is 52.3 Å². The Bertz CT molecular complexity index is 6030. The van der Waals surface area contributed by atoms with Crippen molar-refractivity contribution in [1.82, 2.24) is 22.8 Å². The smallest absolute Gasteiger partial charge is 0.360 e. The van der Waals surface area contributed by atoms with Gasteiger partial charge in [-0.05, 0) is 111 Å². The fraction of sp³-hybridized carbons (Fsp3) is 0.474. The minimum atomic E-state index is -4.61. The van der Waals surface area contributed by atoms with Crippen molar-refractivity contribution in [1.29, 1.82) is 0 Å². The summed E-state index contributed by atoms with van der Waals surface area (Å²) in [6, 6.07) is 22.0. The predicted octanol–water partition coefficient (Wildman–Crippen LogP) is 13.7. The average molecular weight is 2010 g/mol. The van der Waals surface area contributed by atoms with Gasteiger partial charge < -0.3 is 15.3 Å². The van der Waals surface area contributed by atoms with E-state index in [-0.39, 0.29) is 164 Å². The lowest BCUT2D eigenvalue weighted by atomic mass is 10.0. The number of quaternary nitrogens is 2. The molecule has 0 radical (unpaired) electrons. The molecule has 5 aromatic heterocycles. The van der Waals surface area contributed by atoms with Crippen molar-refractivity contribution in [2.24, 2.45) is 34.1 Å². The van der Waals surface area contributed by atoms with Crippen molar-refractivity contribution in [2.75, 3.05) is 32.4 Å². The van der Waals surface area contributed by atoms with Gasteiger partial charge in [-0.25, -0.2) is 63.9 Å². The van der Waals surface area contributed by atoms with Crippen LogP contribution in [0.4, 0.5) is 0 Å². The van der Waals surface area contributed by atoms with Crippen LogP contribution in [0.2, 0.25) is 0 Å². The van der Waals surface area contributed by atoms with Crippen LogP contribution in [0.15, 0.2) is 211 Å². The number of carboxylic acids is 3. The standard InChI is InChI=1S/C17H20N2O4.C14H18N2O5S2.C14H18N2O3S.C13H16N2O3S.C11H17N2O3.C9H15N2O.C8H14N2O3S.9CH4/c1-13(2)15-5-3-14(4-6-15)9-18-7-8-19(12-18,10-16(20)21)11-17(22)23;1-10(2)11-7-12(22(4,17)18)14(13(8-11)23(19,20)21)16-6-5-15(3)9-16;1-11(2)12-4-5-13(14(8-12)20(17,18)19)9-16-7-6-15(3)10-16;1-10(2)11-4-5-12(13(8-11)19(16,17)18)15-7-6-14(3)9-15;1-9(2)12-4-5-13(8-12,6-10(3)14)7-11(15)16;1-8(2)11-5-4-10(7-11)6-9(3)12;1-7(2)8(14(11,12)13)10-5-4-9(3)6-10;;;;;;;;;/h3-8,12-13H,9-11H2,1-2H3;5-10H,1-4H3;4-8,10-11H,9H2,1-3H3;4-10H,1-3H3;4-5,8-9H,6-7H2,1-3H3;4-5,7-8H,6H2,1-3H3;4-8H,1-3H3;9*1H4/q;;;;2*+1;;;;;;;;;;/p+7. The van der Waals surface area contributed by atoms with Gasteiger partial charge in [-0.1, -0.05) is 179 Å². The first kappa shape index (κ1) is 133. The molecule has 2 unspecified atom stereocenters. The largest absolute Gasteiger partial charge is 0.477 e. The Morgan fingerprint density at radius 2 is 0.831 bits per heavy atom. The topological polar surface area (TPSA) is 448 Å². The lowest BCUT2D eigenvalue weighted by molar-refractivity contribution is -0.775. The van der Waals surface area contributed by atoms with Gasteiger partial charge in [-0.3, -0.25) is 27.8 Å². The van der Waals surface area contributed by atoms with E-state index >= 15 is 0 Å². The predicted molar refractivity (Wildman–Crippen MR) is 531 cm³/mol. The molecule has 0 saturated carbocycles. The van der Waals surface area contributed by atoms with Crippen molar-refractivity contribution in [3.8, 4) is 11.4 Å². The van der Waals surface area contributed by atoms with Crippen molar-refractivity contribution < 1.29 is 141 Å². The molecule has 2 aliphatic rings. The first-order valence-electron chi connectivity index (χ1n) is 40.3. The Morgan fingerprint density at radius 1 is 0.419 bits per heavy atom. The molecule has 0 bridgehead atoms. The Morgan fingerprint density at radius 3 is 1.21 bits per heavy atom. The molecule has 7 heterocycles. The first-order chi connectivity index (χ1) is 58.5. The van der Waals surface area contributed by atoms with Crippen molar-refractivity contribution in [3.05, 3.63) is 225 Å². The van der Waals surface area contributed by atoms with Crippen LogP contribution in [-0.2, 0) is 122 Å². The molecule has 0 spiro atoms. The number of hydrogen-bond acceptors (Lipinski definition) is 15. The van der Waals surface area contributed by atoms with Crippen molar-refractivity contribution >= 4 is 92.5 Å². The van der Waals surface area contributed by atoms with E-state index in [9.17, 15) is 79.7 Å². The first-order valence-corrected chi connectivity index (χ1v) is 48.0. The minimum Gasteiger partial charge on any atom is -0.477 e. The Hall–Kier alpha value is -11.0. The molecule has 41 heteroatoms. The highest BCUT2D eigenvalue weighted by Crippen LogP contribution is 2.33. The number of aromatic nitrogens is 10. The summed E-state index contributed by atoms with van der Waals surface area (Å²) in [7, 11) is -13.6. The number of benzene rings is 4. The highest BCUT2D eigenvalue weighted by Gasteiger charge is 2.41. The summed E-state index contributed by atoms with van der Waals surface area (Å²) in [6.45, 7) is 31.6. The van der Waals surface area contributed by atoms with Crippen LogP contribution in [0.25, 0.3) is 11.4 Å². The van der Waals surface area contributed by atoms with Gasteiger partial charge in [0, 0.05) is 30.2 Å². The number of imidazole rings is 5. The maximum Gasteiger partial charge on any atom is 0.360 e. The van der Waals surface area contributed by atoms with Crippen LogP contribution < -0.4 is 22.8 Å². The molecule has 11 rings (SSSR count). The highest BCUT2D eigenvalue weighted by molar-refractivity contribution is 7.91. The third-order valence-electron chi connectivity index (χ3n) is 19.5. The number of rotatable bonds is 29. The van der Waals surface area contributed by atoms with E-state index in [0.717, 1.165) is 22.9 Å². The van der Waals surface area contributed by atoms with Gasteiger partial charge in [-0.15, -0.1) is 4.58 Å². The molecule has 764 valence electrons. The van der Waals surface area contributed by atoms with E-state index in [2.05, 4.69) is 44.4 Å². The quantitative estimate of drug-likeness (QED) is 0.0130. The maximum absolute atomic E-state index is 12.2. The molecule has 7 N–H and O–H groups in total. The Labute approximate surface area is 811 Å². The molecule has 4 aromatic carbocycles. The second-order valence-corrected chi connectivity index (χ2v) is 41.2. The zero-order chi connectivity index (χ0) is 96.1. The monoisotopic (exact) mass is 2010 g/mol. The summed E-state index contributed by atoms with van der Waals surface area (Å²) >= 11 is 0. The van der Waals surface area contributed by atoms with Crippen LogP contribution in [0, 0.1) is 5.92 Å². The van der Waals surface area contributed by atoms with Crippen molar-refractivity contribution in [3.63, 3.8) is 0 Å². The Balaban J connectivity index is -0.000000490. The Kier molecular flexibility index (Phi) is 55.6. The van der Waals surface area contributed by atoms with E-state index in [1.807, 2.05) is 160 Å². The molecule has 136 heavy (non-hydrogen) atoms. The SMILES string of the molecule is C.C.C.C.C.C.C.C.C.CC(=O)C[N+]1(CC(=O)O)C=C[N+](C(C)C)=C1.CC(=O)C[n+]1ccn(C(C)C)c1.CC(C)C(n1cc[n+](C)c1)S(=O)(=O)O.CC(C)c1cc(S(C)(=O)=O)c(-n2cc[n+](C)c2)c(S(=O)(=O)O)c1.CC(C)c1ccc(-n2cc[n+](C)c2)c(S(=O)(=O)O)c1.CC(C)c1ccc(C[N+]2=C[N+](CC(=O)O)(CC(=O)O)C=C2)cc1.CC(C)c1ccc(Cn2cc[n+](C)c2)c(S(=O)(=O)O)c1. The summed E-state index contributed by atoms with van der Waals surface area (Å²) < 4.78 is 175. The summed E-state index contributed by atoms with van der Waals surface area (Å²) in [5.74, 6) is -2.24. The zero-order valence-electron chi connectivity index (χ0n) is 75.7. The summed E-state index contributed by atoms with van der Waals surface area (Å²) in [4.78, 5) is 54.2. The number of aryl methyl sites for hydroxylation is 4. The van der Waals surface area contributed by atoms with Gasteiger partial charge in [0.05, 0.1) is 34.2 Å². The number of carbonyl (C=O) groups excluding carboxylic acids is 2. The molecular weight excluding hydrogens is 1850 g/mol. The number of sulfone groups is 1. The lowest BCUT2D eigenvalue weighted by Crippen LogP contribution is -2.48.